The highest BCUT2D eigenvalue weighted by molar-refractivity contribution is 5.95. The second-order valence-corrected chi connectivity index (χ2v) is 6.67. The number of aromatic hydroxyl groups is 2. The lowest BCUT2D eigenvalue weighted by Gasteiger charge is -2.38. The molecule has 0 atom stereocenters. The van der Waals surface area contributed by atoms with Crippen molar-refractivity contribution in [1.29, 1.82) is 0 Å². The zero-order valence-corrected chi connectivity index (χ0v) is 12.4. The minimum atomic E-state index is -0.122. The molecule has 1 aromatic rings. The summed E-state index contributed by atoms with van der Waals surface area (Å²) in [4.78, 5) is 14.2. The molecule has 2 rings (SSSR count). The first-order chi connectivity index (χ1) is 9.27. The highest BCUT2D eigenvalue weighted by Crippen LogP contribution is 2.34. The van der Waals surface area contributed by atoms with E-state index in [1.807, 2.05) is 0 Å². The Morgan fingerprint density at radius 2 is 1.60 bits per heavy atom. The van der Waals surface area contributed by atoms with E-state index in [1.54, 1.807) is 4.90 Å². The number of likely N-dealkylation sites (tertiary alicyclic amines) is 1. The summed E-state index contributed by atoms with van der Waals surface area (Å²) in [5.74, 6) is 0.337. The van der Waals surface area contributed by atoms with Gasteiger partial charge in [0.1, 0.15) is 11.5 Å². The van der Waals surface area contributed by atoms with Crippen LogP contribution < -0.4 is 0 Å². The molecule has 2 N–H and O–H groups in total. The molecule has 0 aromatic heterocycles. The highest BCUT2D eigenvalue weighted by Gasteiger charge is 2.30. The molecule has 1 aromatic carbocycles. The molecule has 20 heavy (non-hydrogen) atoms. The second kappa shape index (κ2) is 5.35. The van der Waals surface area contributed by atoms with Gasteiger partial charge in [0.05, 0.1) is 0 Å². The Bertz CT molecular complexity index is 477. The second-order valence-electron chi connectivity index (χ2n) is 6.67. The van der Waals surface area contributed by atoms with Crippen molar-refractivity contribution in [3.63, 3.8) is 0 Å². The van der Waals surface area contributed by atoms with Crippen LogP contribution in [0.15, 0.2) is 18.2 Å². The molecule has 1 heterocycles. The van der Waals surface area contributed by atoms with E-state index in [-0.39, 0.29) is 22.8 Å². The summed E-state index contributed by atoms with van der Waals surface area (Å²) in [7, 11) is 0. The minimum absolute atomic E-state index is 0.0853. The maximum atomic E-state index is 12.4. The standard InChI is InChI=1S/C16H23NO3/c1-16(2,3)12-4-6-17(7-5-12)15(20)11-8-13(18)10-14(19)9-11/h8-10,12,18-19H,4-7H2,1-3H3. The molecule has 1 aliphatic heterocycles. The fourth-order valence-corrected chi connectivity index (χ4v) is 2.85. The first kappa shape index (κ1) is 14.7. The van der Waals surface area contributed by atoms with Crippen LogP contribution in [-0.2, 0) is 0 Å². The number of carbonyl (C=O) groups is 1. The summed E-state index contributed by atoms with van der Waals surface area (Å²) in [5.41, 5.74) is 0.620. The quantitative estimate of drug-likeness (QED) is 0.829. The molecule has 0 saturated carbocycles. The lowest BCUT2D eigenvalue weighted by Crippen LogP contribution is -2.41. The van der Waals surface area contributed by atoms with Crippen LogP contribution in [0.3, 0.4) is 0 Å². The number of piperidine rings is 1. The number of amides is 1. The van der Waals surface area contributed by atoms with Crippen molar-refractivity contribution < 1.29 is 15.0 Å². The summed E-state index contributed by atoms with van der Waals surface area (Å²) in [6.45, 7) is 8.18. The van der Waals surface area contributed by atoms with Crippen LogP contribution in [-0.4, -0.2) is 34.1 Å². The molecule has 110 valence electrons. The molecule has 1 saturated heterocycles. The Balaban J connectivity index is 2.05. The number of benzene rings is 1. The highest BCUT2D eigenvalue weighted by atomic mass is 16.3. The lowest BCUT2D eigenvalue weighted by molar-refractivity contribution is 0.0608. The van der Waals surface area contributed by atoms with Crippen LogP contribution in [0.4, 0.5) is 0 Å². The smallest absolute Gasteiger partial charge is 0.254 e. The summed E-state index contributed by atoms with van der Waals surface area (Å²) in [6.07, 6.45) is 2.00. The van der Waals surface area contributed by atoms with Crippen molar-refractivity contribution in [3.05, 3.63) is 23.8 Å². The molecular weight excluding hydrogens is 254 g/mol. The molecular formula is C16H23NO3. The largest absolute Gasteiger partial charge is 0.508 e. The monoisotopic (exact) mass is 277 g/mol. The Kier molecular flexibility index (Phi) is 3.93. The number of nitrogens with zero attached hydrogens (tertiary/aromatic N) is 1. The molecule has 1 fully saturated rings. The molecule has 1 amide bonds. The van der Waals surface area contributed by atoms with Gasteiger partial charge in [-0.05, 0) is 36.3 Å². The van der Waals surface area contributed by atoms with E-state index in [4.69, 9.17) is 0 Å². The van der Waals surface area contributed by atoms with E-state index < -0.39 is 0 Å². The van der Waals surface area contributed by atoms with Crippen LogP contribution in [0.2, 0.25) is 0 Å². The fourth-order valence-electron chi connectivity index (χ4n) is 2.85. The molecule has 4 heteroatoms. The van der Waals surface area contributed by atoms with Crippen molar-refractivity contribution >= 4 is 5.91 Å². The van der Waals surface area contributed by atoms with Gasteiger partial charge in [0.2, 0.25) is 0 Å². The summed E-state index contributed by atoms with van der Waals surface area (Å²) in [6, 6.07) is 4.03. The Morgan fingerprint density at radius 3 is 2.05 bits per heavy atom. The van der Waals surface area contributed by atoms with Crippen molar-refractivity contribution in [2.24, 2.45) is 11.3 Å². The minimum Gasteiger partial charge on any atom is -0.508 e. The fraction of sp³-hybridized carbons (Fsp3) is 0.562. The molecule has 4 nitrogen and oxygen atoms in total. The van der Waals surface area contributed by atoms with Gasteiger partial charge in [-0.3, -0.25) is 4.79 Å². The summed E-state index contributed by atoms with van der Waals surface area (Å²) >= 11 is 0. The first-order valence-corrected chi connectivity index (χ1v) is 7.09. The number of carbonyl (C=O) groups excluding carboxylic acids is 1. The third kappa shape index (κ3) is 3.24. The zero-order chi connectivity index (χ0) is 14.9. The van der Waals surface area contributed by atoms with Gasteiger partial charge in [-0.15, -0.1) is 0 Å². The van der Waals surface area contributed by atoms with E-state index >= 15 is 0 Å². The van der Waals surface area contributed by atoms with Crippen LogP contribution in [0.5, 0.6) is 11.5 Å². The number of phenols is 2. The van der Waals surface area contributed by atoms with E-state index in [2.05, 4.69) is 20.8 Å². The molecule has 0 unspecified atom stereocenters. The zero-order valence-electron chi connectivity index (χ0n) is 12.4. The van der Waals surface area contributed by atoms with E-state index in [9.17, 15) is 15.0 Å². The van der Waals surface area contributed by atoms with Gasteiger partial charge in [0.25, 0.3) is 5.91 Å². The SMILES string of the molecule is CC(C)(C)C1CCN(C(=O)c2cc(O)cc(O)c2)CC1. The van der Waals surface area contributed by atoms with Crippen LogP contribution in [0.1, 0.15) is 44.0 Å². The van der Waals surface area contributed by atoms with Gasteiger partial charge < -0.3 is 15.1 Å². The van der Waals surface area contributed by atoms with Crippen molar-refractivity contribution in [3.8, 4) is 11.5 Å². The van der Waals surface area contributed by atoms with Crippen molar-refractivity contribution in [2.75, 3.05) is 13.1 Å². The number of phenolic OH excluding ortho intramolecular Hbond substituents is 2. The van der Waals surface area contributed by atoms with Gasteiger partial charge in [-0.2, -0.15) is 0 Å². The van der Waals surface area contributed by atoms with E-state index in [0.29, 0.717) is 11.5 Å². The van der Waals surface area contributed by atoms with Gasteiger partial charge in [0, 0.05) is 24.7 Å². The Hall–Kier alpha value is -1.71. The van der Waals surface area contributed by atoms with E-state index in [1.165, 1.54) is 18.2 Å². The van der Waals surface area contributed by atoms with Gasteiger partial charge in [0.15, 0.2) is 0 Å². The van der Waals surface area contributed by atoms with Gasteiger partial charge in [-0.1, -0.05) is 20.8 Å². The molecule has 0 aliphatic carbocycles. The number of hydrogen-bond acceptors (Lipinski definition) is 3. The average molecular weight is 277 g/mol. The predicted molar refractivity (Wildman–Crippen MR) is 77.9 cm³/mol. The van der Waals surface area contributed by atoms with Crippen LogP contribution >= 0.6 is 0 Å². The van der Waals surface area contributed by atoms with Crippen molar-refractivity contribution in [1.82, 2.24) is 4.90 Å². The maximum absolute atomic E-state index is 12.4. The topological polar surface area (TPSA) is 60.8 Å². The average Bonchev–Trinajstić information content (AvgIpc) is 2.36. The summed E-state index contributed by atoms with van der Waals surface area (Å²) in [5, 5.41) is 18.9. The van der Waals surface area contributed by atoms with Crippen LogP contribution in [0.25, 0.3) is 0 Å². The third-order valence-corrected chi connectivity index (χ3v) is 4.16. The van der Waals surface area contributed by atoms with Gasteiger partial charge in [-0.25, -0.2) is 0 Å². The number of rotatable bonds is 1. The molecule has 0 spiro atoms. The molecule has 0 bridgehead atoms. The van der Waals surface area contributed by atoms with Crippen molar-refractivity contribution in [2.45, 2.75) is 33.6 Å². The molecule has 1 aliphatic rings. The summed E-state index contributed by atoms with van der Waals surface area (Å²) < 4.78 is 0. The number of hydrogen-bond donors (Lipinski definition) is 2. The predicted octanol–water partition coefficient (Wildman–Crippen LogP) is 3.00. The lowest BCUT2D eigenvalue weighted by atomic mass is 9.75. The first-order valence-electron chi connectivity index (χ1n) is 7.09. The Morgan fingerprint density at radius 1 is 1.10 bits per heavy atom. The molecule has 0 radical (unpaired) electrons. The van der Waals surface area contributed by atoms with E-state index in [0.717, 1.165) is 25.9 Å². The van der Waals surface area contributed by atoms with Gasteiger partial charge >= 0.3 is 0 Å². The maximum Gasteiger partial charge on any atom is 0.254 e. The van der Waals surface area contributed by atoms with Crippen LogP contribution in [0, 0.1) is 11.3 Å². The third-order valence-electron chi connectivity index (χ3n) is 4.16. The Labute approximate surface area is 120 Å². The normalized spacial score (nSPS) is 17.2.